The molecule has 1 heterocycles. The summed E-state index contributed by atoms with van der Waals surface area (Å²) in [5, 5.41) is 10.7. The summed E-state index contributed by atoms with van der Waals surface area (Å²) < 4.78 is 13.8. The highest BCUT2D eigenvalue weighted by molar-refractivity contribution is 6.30. The molecule has 24 heavy (non-hydrogen) atoms. The summed E-state index contributed by atoms with van der Waals surface area (Å²) in [5.41, 5.74) is -0.315. The molecule has 0 saturated heterocycles. The van der Waals surface area contributed by atoms with E-state index in [0.29, 0.717) is 17.5 Å². The lowest BCUT2D eigenvalue weighted by atomic mass is 10.2. The van der Waals surface area contributed by atoms with E-state index in [2.05, 4.69) is 20.5 Å². The molecule has 8 heteroatoms. The Hall–Kier alpha value is -2.28. The van der Waals surface area contributed by atoms with Gasteiger partial charge in [0.1, 0.15) is 11.5 Å². The van der Waals surface area contributed by atoms with Gasteiger partial charge in [-0.1, -0.05) is 25.4 Å². The molecule has 0 aliphatic rings. The van der Waals surface area contributed by atoms with Gasteiger partial charge in [-0.25, -0.2) is 4.39 Å². The third kappa shape index (κ3) is 4.86. The summed E-state index contributed by atoms with van der Waals surface area (Å²) in [4.78, 5) is 26.2. The second-order valence-corrected chi connectivity index (χ2v) is 6.21. The number of nitrogens with one attached hydrogen (secondary N) is 2. The molecule has 128 valence electrons. The highest BCUT2D eigenvalue weighted by atomic mass is 35.5. The number of benzene rings is 1. The third-order valence-corrected chi connectivity index (χ3v) is 3.48. The van der Waals surface area contributed by atoms with E-state index in [-0.39, 0.29) is 35.8 Å². The molecule has 0 spiro atoms. The van der Waals surface area contributed by atoms with E-state index >= 15 is 0 Å². The number of carbonyl (C=O) groups excluding carboxylic acids is 1. The molecule has 0 bridgehead atoms. The lowest BCUT2D eigenvalue weighted by Gasteiger charge is -2.07. The summed E-state index contributed by atoms with van der Waals surface area (Å²) in [7, 11) is 0. The predicted octanol–water partition coefficient (Wildman–Crippen LogP) is 2.33. The van der Waals surface area contributed by atoms with Crippen molar-refractivity contribution in [1.29, 1.82) is 0 Å². The van der Waals surface area contributed by atoms with Crippen LogP contribution in [0.3, 0.4) is 0 Å². The first kappa shape index (κ1) is 18.1. The van der Waals surface area contributed by atoms with Crippen molar-refractivity contribution in [3.63, 3.8) is 0 Å². The average molecular weight is 353 g/mol. The topological polar surface area (TPSA) is 87.7 Å². The second kappa shape index (κ2) is 8.01. The lowest BCUT2D eigenvalue weighted by molar-refractivity contribution is -0.121. The minimum absolute atomic E-state index is 0.00647. The molecule has 0 aliphatic heterocycles. The highest BCUT2D eigenvalue weighted by Gasteiger charge is 2.12. The van der Waals surface area contributed by atoms with Crippen molar-refractivity contribution in [3.05, 3.63) is 45.1 Å². The Kier molecular flexibility index (Phi) is 6.03. The second-order valence-electron chi connectivity index (χ2n) is 5.77. The summed E-state index contributed by atoms with van der Waals surface area (Å²) in [6.07, 6.45) is 0.292. The molecule has 6 nitrogen and oxygen atoms in total. The van der Waals surface area contributed by atoms with Crippen LogP contribution in [-0.4, -0.2) is 27.6 Å². The van der Waals surface area contributed by atoms with Crippen LogP contribution in [0.25, 0.3) is 11.4 Å². The average Bonchev–Trinajstić information content (AvgIpc) is 2.54. The van der Waals surface area contributed by atoms with Crippen molar-refractivity contribution in [2.45, 2.75) is 26.7 Å². The molecule has 2 aromatic rings. The summed E-state index contributed by atoms with van der Waals surface area (Å²) in [6, 6.07) is 3.94. The zero-order valence-electron chi connectivity index (χ0n) is 13.4. The number of carbonyl (C=O) groups is 1. The van der Waals surface area contributed by atoms with Crippen LogP contribution in [-0.2, 0) is 11.2 Å². The minimum atomic E-state index is -0.565. The van der Waals surface area contributed by atoms with Gasteiger partial charge in [0.05, 0.1) is 5.56 Å². The Morgan fingerprint density at radius 2 is 2.12 bits per heavy atom. The number of amides is 1. The van der Waals surface area contributed by atoms with Gasteiger partial charge in [-0.15, -0.1) is 10.2 Å². The SMILES string of the molecule is CC(C)CNC(=O)CCc1nnc(-c2cc(Cl)ccc2F)[nH]c1=O. The molecule has 1 amide bonds. The van der Waals surface area contributed by atoms with E-state index in [4.69, 9.17) is 11.6 Å². The molecule has 0 radical (unpaired) electrons. The normalized spacial score (nSPS) is 10.9. The quantitative estimate of drug-likeness (QED) is 0.835. The van der Waals surface area contributed by atoms with E-state index in [0.717, 1.165) is 0 Å². The molecule has 0 saturated carbocycles. The number of aromatic nitrogens is 3. The van der Waals surface area contributed by atoms with E-state index in [9.17, 15) is 14.0 Å². The van der Waals surface area contributed by atoms with Gasteiger partial charge in [0.15, 0.2) is 5.82 Å². The van der Waals surface area contributed by atoms with Crippen molar-refractivity contribution in [2.75, 3.05) is 6.54 Å². The summed E-state index contributed by atoms with van der Waals surface area (Å²) in [5.74, 6) is -0.378. The Labute approximate surface area is 143 Å². The van der Waals surface area contributed by atoms with Crippen molar-refractivity contribution in [2.24, 2.45) is 5.92 Å². The number of hydrogen-bond acceptors (Lipinski definition) is 4. The van der Waals surface area contributed by atoms with Crippen LogP contribution in [0, 0.1) is 11.7 Å². The smallest absolute Gasteiger partial charge is 0.273 e. The van der Waals surface area contributed by atoms with Crippen LogP contribution in [0.2, 0.25) is 5.02 Å². The Morgan fingerprint density at radius 3 is 2.79 bits per heavy atom. The molecule has 0 fully saturated rings. The van der Waals surface area contributed by atoms with Crippen LogP contribution < -0.4 is 10.9 Å². The number of aryl methyl sites for hydroxylation is 1. The van der Waals surface area contributed by atoms with Crippen LogP contribution in [0.5, 0.6) is 0 Å². The molecular weight excluding hydrogens is 335 g/mol. The number of hydrogen-bond donors (Lipinski definition) is 2. The zero-order valence-corrected chi connectivity index (χ0v) is 14.2. The monoisotopic (exact) mass is 352 g/mol. The molecular formula is C16H18ClFN4O2. The van der Waals surface area contributed by atoms with Gasteiger partial charge in [-0.2, -0.15) is 0 Å². The summed E-state index contributed by atoms with van der Waals surface area (Å²) >= 11 is 5.82. The lowest BCUT2D eigenvalue weighted by Crippen LogP contribution is -2.28. The Morgan fingerprint density at radius 1 is 1.38 bits per heavy atom. The number of halogens is 2. The fourth-order valence-corrected chi connectivity index (χ4v) is 2.13. The van der Waals surface area contributed by atoms with E-state index in [1.807, 2.05) is 13.8 Å². The van der Waals surface area contributed by atoms with Crippen molar-refractivity contribution >= 4 is 17.5 Å². The number of aromatic amines is 1. The fraction of sp³-hybridized carbons (Fsp3) is 0.375. The zero-order chi connectivity index (χ0) is 17.7. The van der Waals surface area contributed by atoms with Gasteiger partial charge in [0, 0.05) is 24.4 Å². The van der Waals surface area contributed by atoms with Crippen molar-refractivity contribution in [1.82, 2.24) is 20.5 Å². The van der Waals surface area contributed by atoms with Gasteiger partial charge < -0.3 is 10.3 Å². The molecule has 1 aromatic heterocycles. The number of nitrogens with zero attached hydrogens (tertiary/aromatic N) is 2. The van der Waals surface area contributed by atoms with Gasteiger partial charge in [-0.3, -0.25) is 9.59 Å². The molecule has 0 unspecified atom stereocenters. The van der Waals surface area contributed by atoms with Crippen LogP contribution >= 0.6 is 11.6 Å². The first-order chi connectivity index (χ1) is 11.4. The molecule has 2 N–H and O–H groups in total. The van der Waals surface area contributed by atoms with Gasteiger partial charge in [0.25, 0.3) is 5.56 Å². The fourth-order valence-electron chi connectivity index (χ4n) is 1.96. The van der Waals surface area contributed by atoms with Crippen molar-refractivity contribution in [3.8, 4) is 11.4 Å². The maximum absolute atomic E-state index is 13.8. The predicted molar refractivity (Wildman–Crippen MR) is 89.2 cm³/mol. The van der Waals surface area contributed by atoms with Crippen LogP contribution in [0.4, 0.5) is 4.39 Å². The van der Waals surface area contributed by atoms with Gasteiger partial charge in [0.2, 0.25) is 5.91 Å². The number of H-pyrrole nitrogens is 1. The van der Waals surface area contributed by atoms with Gasteiger partial charge in [-0.05, 0) is 24.1 Å². The molecule has 2 rings (SSSR count). The van der Waals surface area contributed by atoms with Crippen molar-refractivity contribution < 1.29 is 9.18 Å². The minimum Gasteiger partial charge on any atom is -0.356 e. The van der Waals surface area contributed by atoms with Gasteiger partial charge >= 0.3 is 0 Å². The summed E-state index contributed by atoms with van der Waals surface area (Å²) in [6.45, 7) is 4.56. The van der Waals surface area contributed by atoms with E-state index in [1.165, 1.54) is 18.2 Å². The Balaban J connectivity index is 2.09. The first-order valence-electron chi connectivity index (χ1n) is 7.55. The van der Waals surface area contributed by atoms with Crippen LogP contribution in [0.15, 0.2) is 23.0 Å². The maximum atomic E-state index is 13.8. The molecule has 0 aliphatic carbocycles. The van der Waals surface area contributed by atoms with E-state index in [1.54, 1.807) is 0 Å². The maximum Gasteiger partial charge on any atom is 0.273 e. The third-order valence-electron chi connectivity index (χ3n) is 3.24. The number of rotatable bonds is 6. The first-order valence-corrected chi connectivity index (χ1v) is 7.92. The van der Waals surface area contributed by atoms with Crippen LogP contribution in [0.1, 0.15) is 26.0 Å². The molecule has 0 atom stereocenters. The standard InChI is InChI=1S/C16H18ClFN4O2/c1-9(2)8-19-14(23)6-5-13-16(24)20-15(22-21-13)11-7-10(17)3-4-12(11)18/h3-4,7,9H,5-6,8H2,1-2H3,(H,19,23)(H,20,22,24). The highest BCUT2D eigenvalue weighted by Crippen LogP contribution is 2.21. The largest absolute Gasteiger partial charge is 0.356 e. The van der Waals surface area contributed by atoms with E-state index < -0.39 is 11.4 Å². The Bertz CT molecular complexity index is 792. The molecule has 1 aromatic carbocycles.